The molecule has 3 unspecified atom stereocenters. The summed E-state index contributed by atoms with van der Waals surface area (Å²) in [5.74, 6) is -2.56. The number of hydrogen-bond acceptors (Lipinski definition) is 9. The Labute approximate surface area is 173 Å². The third-order valence-corrected chi connectivity index (χ3v) is 5.28. The molecule has 0 saturated heterocycles. The predicted molar refractivity (Wildman–Crippen MR) is 103 cm³/mol. The maximum atomic E-state index is 12.8. The summed E-state index contributed by atoms with van der Waals surface area (Å²) in [6.07, 6.45) is 0.792. The molecule has 162 valence electrons. The average Bonchev–Trinajstić information content (AvgIpc) is 2.66. The fraction of sp³-hybridized carbons (Fsp3) is 0.429. The minimum absolute atomic E-state index is 0.00278. The third kappa shape index (κ3) is 3.79. The van der Waals surface area contributed by atoms with Crippen LogP contribution in [0.5, 0.6) is 11.5 Å². The van der Waals surface area contributed by atoms with Crippen molar-refractivity contribution in [2.75, 3.05) is 20.8 Å². The Hall–Kier alpha value is -2.88. The molecule has 1 aromatic carbocycles. The molecule has 3 N–H and O–H groups in total. The number of aliphatic hydroxyl groups is 1. The van der Waals surface area contributed by atoms with E-state index in [1.807, 2.05) is 0 Å². The molecule has 1 aliphatic carbocycles. The zero-order valence-electron chi connectivity index (χ0n) is 17.0. The highest BCUT2D eigenvalue weighted by Gasteiger charge is 2.51. The van der Waals surface area contributed by atoms with Gasteiger partial charge in [-0.05, 0) is 43.2 Å². The van der Waals surface area contributed by atoms with E-state index in [-0.39, 0.29) is 23.5 Å². The summed E-state index contributed by atoms with van der Waals surface area (Å²) in [4.78, 5) is 25.4. The van der Waals surface area contributed by atoms with E-state index in [4.69, 9.17) is 18.9 Å². The highest BCUT2D eigenvalue weighted by atomic mass is 16.7. The van der Waals surface area contributed by atoms with Crippen LogP contribution in [0.1, 0.15) is 22.8 Å². The lowest BCUT2D eigenvalue weighted by Crippen LogP contribution is -2.56. The van der Waals surface area contributed by atoms with Gasteiger partial charge in [0.25, 0.3) is 0 Å². The second-order valence-corrected chi connectivity index (χ2v) is 7.41. The van der Waals surface area contributed by atoms with Crippen LogP contribution in [0.2, 0.25) is 0 Å². The molecular weight excluding hydrogens is 396 g/mol. The van der Waals surface area contributed by atoms with Crippen LogP contribution in [-0.2, 0) is 23.7 Å². The van der Waals surface area contributed by atoms with Gasteiger partial charge in [0.15, 0.2) is 17.1 Å². The smallest absolute Gasteiger partial charge is 0.342 e. The second-order valence-electron chi connectivity index (χ2n) is 7.41. The highest BCUT2D eigenvalue weighted by molar-refractivity contribution is 6.00. The van der Waals surface area contributed by atoms with E-state index in [1.54, 1.807) is 6.08 Å². The Kier molecular flexibility index (Phi) is 5.89. The van der Waals surface area contributed by atoms with Gasteiger partial charge in [0.05, 0.1) is 12.5 Å². The van der Waals surface area contributed by atoms with Gasteiger partial charge in [-0.1, -0.05) is 0 Å². The number of phenolic OH excluding ortho intramolecular Hbond substituents is 2. The number of esters is 1. The Morgan fingerprint density at radius 3 is 2.50 bits per heavy atom. The van der Waals surface area contributed by atoms with E-state index in [1.165, 1.54) is 40.2 Å². The molecule has 0 bridgehead atoms. The van der Waals surface area contributed by atoms with Crippen LogP contribution < -0.4 is 0 Å². The van der Waals surface area contributed by atoms with Crippen LogP contribution in [0.4, 0.5) is 0 Å². The monoisotopic (exact) mass is 420 g/mol. The molecule has 0 saturated carbocycles. The molecule has 0 radical (unpaired) electrons. The number of carbonyl (C=O) groups is 2. The lowest BCUT2D eigenvalue weighted by Gasteiger charge is -2.41. The Morgan fingerprint density at radius 2 is 1.90 bits per heavy atom. The van der Waals surface area contributed by atoms with E-state index in [0.717, 1.165) is 6.07 Å². The van der Waals surface area contributed by atoms with Crippen molar-refractivity contribution in [3.8, 4) is 11.5 Å². The van der Waals surface area contributed by atoms with E-state index >= 15 is 0 Å². The normalized spacial score (nSPS) is 25.9. The second kappa shape index (κ2) is 8.10. The van der Waals surface area contributed by atoms with Gasteiger partial charge in [-0.3, -0.25) is 4.79 Å². The molecular formula is C21H24O9. The summed E-state index contributed by atoms with van der Waals surface area (Å²) in [7, 11) is 2.87. The number of phenols is 2. The molecule has 9 heteroatoms. The molecule has 1 aromatic rings. The van der Waals surface area contributed by atoms with Crippen LogP contribution in [0.15, 0.2) is 35.6 Å². The third-order valence-electron chi connectivity index (χ3n) is 5.28. The molecule has 0 spiro atoms. The van der Waals surface area contributed by atoms with E-state index in [2.05, 4.69) is 0 Å². The van der Waals surface area contributed by atoms with Gasteiger partial charge < -0.3 is 34.3 Å². The molecule has 2 aliphatic rings. The van der Waals surface area contributed by atoms with Crippen LogP contribution in [-0.4, -0.2) is 65.9 Å². The van der Waals surface area contributed by atoms with Gasteiger partial charge in [-0.15, -0.1) is 0 Å². The molecule has 1 aliphatic heterocycles. The van der Waals surface area contributed by atoms with Gasteiger partial charge in [-0.25, -0.2) is 4.79 Å². The first-order valence-corrected chi connectivity index (χ1v) is 9.22. The quantitative estimate of drug-likeness (QED) is 0.477. The fourth-order valence-corrected chi connectivity index (χ4v) is 3.69. The predicted octanol–water partition coefficient (Wildman–Crippen LogP) is 1.34. The summed E-state index contributed by atoms with van der Waals surface area (Å²) in [5.41, 5.74) is -1.39. The molecule has 0 aromatic heterocycles. The highest BCUT2D eigenvalue weighted by Crippen LogP contribution is 2.39. The van der Waals surface area contributed by atoms with E-state index in [9.17, 15) is 24.9 Å². The van der Waals surface area contributed by atoms with Gasteiger partial charge in [0.1, 0.15) is 23.2 Å². The first-order valence-electron chi connectivity index (χ1n) is 9.22. The van der Waals surface area contributed by atoms with Crippen molar-refractivity contribution in [2.45, 2.75) is 31.8 Å². The Morgan fingerprint density at radius 1 is 1.23 bits per heavy atom. The topological polar surface area (TPSA) is 132 Å². The summed E-state index contributed by atoms with van der Waals surface area (Å²) in [5, 5.41) is 30.4. The van der Waals surface area contributed by atoms with Crippen LogP contribution in [0.3, 0.4) is 0 Å². The van der Waals surface area contributed by atoms with Crippen LogP contribution in [0.25, 0.3) is 0 Å². The molecule has 9 nitrogen and oxygen atoms in total. The standard InChI is InChI=1S/C21H24O9/c1-10-5-12(22)8-14(23)17(10)19(25)30-18-13-9-29-15(20(27-3)28-4)6-11(13)7-16(24)21(18,2)26/h5-8,13,18,20,22-23,26H,9H2,1-4H3. The Balaban J connectivity index is 1.95. The fourth-order valence-electron chi connectivity index (χ4n) is 3.69. The number of carbonyl (C=O) groups excluding carboxylic acids is 2. The number of rotatable bonds is 5. The van der Waals surface area contributed by atoms with Crippen molar-refractivity contribution < 1.29 is 43.9 Å². The minimum Gasteiger partial charge on any atom is -0.508 e. The molecule has 1 heterocycles. The number of fused-ring (bicyclic) bond motifs is 1. The van der Waals surface area contributed by atoms with E-state index in [0.29, 0.717) is 11.3 Å². The molecule has 0 fully saturated rings. The number of aryl methyl sites for hydroxylation is 1. The molecule has 0 amide bonds. The Bertz CT molecular complexity index is 901. The number of benzene rings is 1. The molecule has 3 atom stereocenters. The van der Waals surface area contributed by atoms with E-state index < -0.39 is 41.4 Å². The zero-order valence-corrected chi connectivity index (χ0v) is 17.0. The number of hydrogen-bond donors (Lipinski definition) is 3. The van der Waals surface area contributed by atoms with Crippen molar-refractivity contribution in [1.29, 1.82) is 0 Å². The summed E-state index contributed by atoms with van der Waals surface area (Å²) in [6, 6.07) is 2.30. The van der Waals surface area contributed by atoms with Crippen LogP contribution in [0, 0.1) is 12.8 Å². The van der Waals surface area contributed by atoms with Crippen molar-refractivity contribution in [2.24, 2.45) is 5.92 Å². The van der Waals surface area contributed by atoms with Crippen molar-refractivity contribution in [3.63, 3.8) is 0 Å². The van der Waals surface area contributed by atoms with Crippen molar-refractivity contribution >= 4 is 11.8 Å². The largest absolute Gasteiger partial charge is 0.508 e. The van der Waals surface area contributed by atoms with Gasteiger partial charge >= 0.3 is 5.97 Å². The number of allylic oxidation sites excluding steroid dienone is 1. The van der Waals surface area contributed by atoms with Gasteiger partial charge in [0.2, 0.25) is 6.29 Å². The average molecular weight is 420 g/mol. The number of aromatic hydroxyl groups is 2. The maximum Gasteiger partial charge on any atom is 0.342 e. The number of ketones is 1. The maximum absolute atomic E-state index is 12.8. The first-order chi connectivity index (χ1) is 14.1. The van der Waals surface area contributed by atoms with Crippen LogP contribution >= 0.6 is 0 Å². The molecule has 30 heavy (non-hydrogen) atoms. The van der Waals surface area contributed by atoms with Crippen molar-refractivity contribution in [1.82, 2.24) is 0 Å². The number of ether oxygens (including phenoxy) is 4. The van der Waals surface area contributed by atoms with Gasteiger partial charge in [-0.2, -0.15) is 0 Å². The number of methoxy groups -OCH3 is 2. The molecule has 3 rings (SSSR count). The van der Waals surface area contributed by atoms with Crippen molar-refractivity contribution in [3.05, 3.63) is 46.7 Å². The first kappa shape index (κ1) is 21.8. The summed E-state index contributed by atoms with van der Waals surface area (Å²) >= 11 is 0. The zero-order chi connectivity index (χ0) is 22.2. The lowest BCUT2D eigenvalue weighted by atomic mass is 9.74. The summed E-state index contributed by atoms with van der Waals surface area (Å²) in [6.45, 7) is 2.78. The SMILES string of the molecule is COC(OC)C1=CC2=CC(=O)C(C)(O)C(OC(=O)c3c(C)cc(O)cc3O)C2CO1. The van der Waals surface area contributed by atoms with Gasteiger partial charge in [0, 0.05) is 20.3 Å². The minimum atomic E-state index is -2.00. The summed E-state index contributed by atoms with van der Waals surface area (Å²) < 4.78 is 21.5. The lowest BCUT2D eigenvalue weighted by molar-refractivity contribution is -0.154.